The van der Waals surface area contributed by atoms with E-state index in [1.54, 1.807) is 0 Å². The summed E-state index contributed by atoms with van der Waals surface area (Å²) < 4.78 is 105. The van der Waals surface area contributed by atoms with E-state index in [1.165, 1.54) is 64.0 Å². The van der Waals surface area contributed by atoms with Gasteiger partial charge in [-0.05, 0) is 13.0 Å². The molecule has 28 heteroatoms. The molecular weight excluding hydrogens is 938 g/mol. The van der Waals surface area contributed by atoms with Crippen molar-refractivity contribution < 1.29 is 131 Å². The highest BCUT2D eigenvalue weighted by Crippen LogP contribution is 2.38. The molecule has 25 atom stereocenters. The molecule has 5 rings (SSSR count). The maximum atomic E-state index is 12.9. The van der Waals surface area contributed by atoms with E-state index < -0.39 is 178 Å². The van der Waals surface area contributed by atoms with Crippen LogP contribution in [0.1, 0.15) is 6.42 Å². The molecule has 0 saturated carbocycles. The topological polar surface area (TPSA) is 368 Å². The Hall–Kier alpha value is -2.02. The number of carboxylic acids is 2. The van der Waals surface area contributed by atoms with Gasteiger partial charge in [-0.3, -0.25) is 0 Å². The zero-order valence-electron chi connectivity index (χ0n) is 39.8. The van der Waals surface area contributed by atoms with E-state index in [0.717, 1.165) is 0 Å². The first-order valence-electron chi connectivity index (χ1n) is 22.1. The van der Waals surface area contributed by atoms with Crippen LogP contribution >= 0.6 is 0 Å². The number of rotatable bonds is 24. The number of hydrogen-bond acceptors (Lipinski definition) is 26. The van der Waals surface area contributed by atoms with Crippen molar-refractivity contribution in [3.8, 4) is 0 Å². The van der Waals surface area contributed by atoms with E-state index in [4.69, 9.17) is 91.0 Å². The molecule has 9 N–H and O–H groups in total. The fourth-order valence-corrected chi connectivity index (χ4v) is 9.62. The molecule has 0 aromatic heterocycles. The smallest absolute Gasteiger partial charge is 0.335 e. The molecule has 0 spiro atoms. The van der Waals surface area contributed by atoms with Gasteiger partial charge in [-0.1, -0.05) is 0 Å². The van der Waals surface area contributed by atoms with E-state index in [9.17, 15) is 45.3 Å². The van der Waals surface area contributed by atoms with Crippen LogP contribution in [-0.4, -0.2) is 291 Å². The highest BCUT2D eigenvalue weighted by Gasteiger charge is 2.59. The maximum absolute atomic E-state index is 12.9. The molecule has 5 aliphatic heterocycles. The molecule has 69 heavy (non-hydrogen) atoms. The van der Waals surface area contributed by atoms with Crippen molar-refractivity contribution in [1.82, 2.24) is 0 Å². The Labute approximate surface area is 398 Å². The number of carbonyl (C=O) groups is 2. The molecule has 0 aromatic carbocycles. The summed E-state index contributed by atoms with van der Waals surface area (Å²) >= 11 is 0. The average Bonchev–Trinajstić information content (AvgIpc) is 3.34. The molecule has 0 aromatic rings. The third kappa shape index (κ3) is 12.3. The summed E-state index contributed by atoms with van der Waals surface area (Å²) in [5, 5.41) is 76.2. The minimum Gasteiger partial charge on any atom is -0.479 e. The van der Waals surface area contributed by atoms with Crippen LogP contribution in [0.3, 0.4) is 0 Å². The maximum Gasteiger partial charge on any atom is 0.335 e. The normalized spacial score (nSPS) is 45.3. The van der Waals surface area contributed by atoms with Gasteiger partial charge in [0.1, 0.15) is 110 Å². The lowest BCUT2D eigenvalue weighted by molar-refractivity contribution is -0.390. The number of methoxy groups -OCH3 is 9. The Morgan fingerprint density at radius 1 is 0.420 bits per heavy atom. The predicted octanol–water partition coefficient (Wildman–Crippen LogP) is -5.45. The monoisotopic (exact) mass is 1010 g/mol. The first-order chi connectivity index (χ1) is 33.1. The molecular formula is C41H71NO27. The summed E-state index contributed by atoms with van der Waals surface area (Å²) in [5.74, 6) is -3.16. The summed E-state index contributed by atoms with van der Waals surface area (Å²) in [5.41, 5.74) is 5.77. The van der Waals surface area contributed by atoms with Crippen molar-refractivity contribution in [2.24, 2.45) is 5.73 Å². The van der Waals surface area contributed by atoms with E-state index in [-0.39, 0.29) is 13.2 Å². The molecule has 5 fully saturated rings. The Balaban J connectivity index is 1.35. The second-order valence-electron chi connectivity index (χ2n) is 16.7. The van der Waals surface area contributed by atoms with E-state index in [0.29, 0.717) is 6.42 Å². The Bertz CT molecular complexity index is 1550. The molecule has 5 heterocycles. The van der Waals surface area contributed by atoms with Gasteiger partial charge in [0.25, 0.3) is 0 Å². The fourth-order valence-electron chi connectivity index (χ4n) is 9.62. The second kappa shape index (κ2) is 26.8. The summed E-state index contributed by atoms with van der Waals surface area (Å²) in [4.78, 5) is 25.8. The van der Waals surface area contributed by atoms with Crippen LogP contribution in [0.2, 0.25) is 0 Å². The minimum atomic E-state index is -2.07. The number of aliphatic hydroxyl groups excluding tert-OH is 5. The Morgan fingerprint density at radius 2 is 0.797 bits per heavy atom. The molecule has 0 aliphatic carbocycles. The van der Waals surface area contributed by atoms with Crippen molar-refractivity contribution in [2.45, 2.75) is 160 Å². The van der Waals surface area contributed by atoms with Crippen LogP contribution in [0.25, 0.3) is 0 Å². The van der Waals surface area contributed by atoms with Crippen molar-refractivity contribution in [3.63, 3.8) is 0 Å². The van der Waals surface area contributed by atoms with Gasteiger partial charge in [0.05, 0.1) is 25.9 Å². The number of nitrogens with two attached hydrogens (primary N) is 1. The number of hydrogen-bond donors (Lipinski definition) is 8. The molecule has 0 radical (unpaired) electrons. The van der Waals surface area contributed by atoms with Crippen molar-refractivity contribution in [2.75, 3.05) is 90.4 Å². The van der Waals surface area contributed by atoms with Crippen LogP contribution in [0, 0.1) is 0 Å². The van der Waals surface area contributed by atoms with Crippen molar-refractivity contribution in [1.29, 1.82) is 0 Å². The zero-order valence-corrected chi connectivity index (χ0v) is 39.8. The van der Waals surface area contributed by atoms with Gasteiger partial charge >= 0.3 is 11.9 Å². The van der Waals surface area contributed by atoms with Gasteiger partial charge in [-0.15, -0.1) is 0 Å². The fraction of sp³-hybridized carbons (Fsp3) is 0.951. The Morgan fingerprint density at radius 3 is 1.20 bits per heavy atom. The van der Waals surface area contributed by atoms with Gasteiger partial charge in [0.15, 0.2) is 37.4 Å². The van der Waals surface area contributed by atoms with Crippen LogP contribution in [0.4, 0.5) is 0 Å². The van der Waals surface area contributed by atoms with Gasteiger partial charge in [0.2, 0.25) is 0 Å². The number of carboxylic acid groups (broad SMARTS) is 2. The standard InChI is InChI=1S/C41H71NO27/c1-52-14-18-24(21(47)22(53-2)15(61-18)10-11-42)65-41-34(59-8)27(56-5)29(31(68-41)36(48)49)66-38-20(46)19(45)23(16(12-43)62-38)64-40-35(60-9)28(57-6)30(32(69-40)37(50)51)67-39-33(58-7)26(55-4)25(54-3)17(13-44)63-39/h15-35,38-41,43-47H,10-14,42H2,1-9H3,(H,48,49)(H,50,51)/t15-,16+,17+,18+,19+,20+,21+,22-,23+,24+,25+,26-,27-,28-,29-,30-,31+,32-,33+,34+,35+,38+,39+,40+,41+/m0/s1. The van der Waals surface area contributed by atoms with E-state index in [1.807, 2.05) is 0 Å². The molecule has 0 bridgehead atoms. The first kappa shape index (κ1) is 57.9. The van der Waals surface area contributed by atoms with Crippen molar-refractivity contribution in [3.05, 3.63) is 0 Å². The first-order valence-corrected chi connectivity index (χ1v) is 22.1. The van der Waals surface area contributed by atoms with E-state index in [2.05, 4.69) is 0 Å². The highest BCUT2D eigenvalue weighted by atomic mass is 16.8. The van der Waals surface area contributed by atoms with Crippen LogP contribution < -0.4 is 5.73 Å². The largest absolute Gasteiger partial charge is 0.479 e. The van der Waals surface area contributed by atoms with E-state index >= 15 is 0 Å². The molecule has 5 saturated heterocycles. The third-order valence-corrected chi connectivity index (χ3v) is 12.9. The summed E-state index contributed by atoms with van der Waals surface area (Å²) in [6.45, 7) is -1.29. The molecule has 0 amide bonds. The lowest BCUT2D eigenvalue weighted by Gasteiger charge is -2.50. The number of aliphatic carboxylic acids is 2. The predicted molar refractivity (Wildman–Crippen MR) is 222 cm³/mol. The van der Waals surface area contributed by atoms with Gasteiger partial charge in [-0.2, -0.15) is 0 Å². The zero-order chi connectivity index (χ0) is 50.9. The molecule has 0 unspecified atom stereocenters. The van der Waals surface area contributed by atoms with Gasteiger partial charge < -0.3 is 127 Å². The number of aliphatic hydroxyl groups is 5. The van der Waals surface area contributed by atoms with Gasteiger partial charge in [-0.25, -0.2) is 9.59 Å². The van der Waals surface area contributed by atoms with Crippen molar-refractivity contribution >= 4 is 11.9 Å². The lowest BCUT2D eigenvalue weighted by atomic mass is 9.92. The Kier molecular flexibility index (Phi) is 22.5. The highest BCUT2D eigenvalue weighted by molar-refractivity contribution is 5.74. The molecule has 5 aliphatic rings. The lowest BCUT2D eigenvalue weighted by Crippen LogP contribution is -2.69. The molecule has 402 valence electrons. The van der Waals surface area contributed by atoms with Crippen LogP contribution in [0.5, 0.6) is 0 Å². The SMILES string of the molecule is COC[C@H]1O[C@@H](CCN)[C@H](OC)[C@@H](O)[C@@H]1O[C@@H]1O[C@@H](C(=O)O)[C@@H](O[C@H]2O[C@H](CO)[C@@H](O[C@@H]3O[C@H](C(=O)O)[C@@H](O[C@H]4O[C@H](CO)[C@@H](OC)[C@H](OC)[C@H]4OC)[C@H](OC)[C@H]3OC)[C@H](O)[C@H]2O)[C@H](OC)[C@H]1OC. The second-order valence-corrected chi connectivity index (χ2v) is 16.7. The quantitative estimate of drug-likeness (QED) is 0.0447. The molecule has 28 nitrogen and oxygen atoms in total. The summed E-state index contributed by atoms with van der Waals surface area (Å²) in [7, 11) is 11.8. The summed E-state index contributed by atoms with van der Waals surface area (Å²) in [6, 6.07) is 0. The van der Waals surface area contributed by atoms with Gasteiger partial charge in [0, 0.05) is 64.0 Å². The summed E-state index contributed by atoms with van der Waals surface area (Å²) in [6.07, 6.45) is -34.8. The third-order valence-electron chi connectivity index (χ3n) is 12.9. The minimum absolute atomic E-state index is 0.0638. The number of ether oxygens (including phenoxy) is 18. The van der Waals surface area contributed by atoms with Crippen LogP contribution in [-0.2, 0) is 94.9 Å². The van der Waals surface area contributed by atoms with Crippen LogP contribution in [0.15, 0.2) is 0 Å². The average molecular weight is 1010 g/mol.